The van der Waals surface area contributed by atoms with Gasteiger partial charge < -0.3 is 9.47 Å². The number of terminal acetylenes is 1. The van der Waals surface area contributed by atoms with Crippen LogP contribution in [0.25, 0.3) is 0 Å². The highest BCUT2D eigenvalue weighted by molar-refractivity contribution is 7.99. The van der Waals surface area contributed by atoms with Crippen LogP contribution in [0.2, 0.25) is 5.15 Å². The van der Waals surface area contributed by atoms with Gasteiger partial charge in [0.15, 0.2) is 0 Å². The molecule has 0 N–H and O–H groups in total. The highest BCUT2D eigenvalue weighted by atomic mass is 35.5. The van der Waals surface area contributed by atoms with Crippen LogP contribution in [0.15, 0.2) is 82.8 Å². The molecule has 0 spiro atoms. The first-order valence-electron chi connectivity index (χ1n) is 16.8. The van der Waals surface area contributed by atoms with Gasteiger partial charge in [-0.15, -0.1) is 29.9 Å². The minimum Gasteiger partial charge on any atom is -0.462 e. The smallest absolute Gasteiger partial charge is 0.339 e. The zero-order chi connectivity index (χ0) is 37.0. The SMILES string of the molecule is C#Cc1ccc2c(c1)C(C)(C)CCS2.CCOC(=O)c1ccc(C#Cc2ccc3c(c2)C(C)(C)CCS3)nc1.CCOC(=O)c1ccc(Cl)nc1. The third-order valence-corrected chi connectivity index (χ3v) is 10.8. The molecule has 9 heteroatoms. The molecule has 0 radical (unpaired) electrons. The van der Waals surface area contributed by atoms with E-state index in [0.717, 1.165) is 11.1 Å². The van der Waals surface area contributed by atoms with Gasteiger partial charge in [-0.3, -0.25) is 0 Å². The summed E-state index contributed by atoms with van der Waals surface area (Å²) >= 11 is 9.39. The van der Waals surface area contributed by atoms with Gasteiger partial charge in [0.2, 0.25) is 0 Å². The normalized spacial score (nSPS) is 14.5. The van der Waals surface area contributed by atoms with E-state index >= 15 is 0 Å². The van der Waals surface area contributed by atoms with E-state index in [1.54, 1.807) is 38.1 Å². The van der Waals surface area contributed by atoms with Crippen molar-refractivity contribution < 1.29 is 19.1 Å². The van der Waals surface area contributed by atoms with E-state index in [9.17, 15) is 9.59 Å². The number of fused-ring (bicyclic) bond motifs is 2. The Morgan fingerprint density at radius 1 is 0.745 bits per heavy atom. The van der Waals surface area contributed by atoms with E-state index in [-0.39, 0.29) is 22.8 Å². The van der Waals surface area contributed by atoms with Crippen molar-refractivity contribution in [3.8, 4) is 24.2 Å². The number of ether oxygens (including phenoxy) is 2. The summed E-state index contributed by atoms with van der Waals surface area (Å²) in [6.07, 6.45) is 10.7. The predicted molar refractivity (Wildman–Crippen MR) is 209 cm³/mol. The summed E-state index contributed by atoms with van der Waals surface area (Å²) in [5.41, 5.74) is 6.77. The van der Waals surface area contributed by atoms with E-state index in [4.69, 9.17) is 27.5 Å². The average molecular weight is 739 g/mol. The topological polar surface area (TPSA) is 78.4 Å². The molecule has 0 saturated carbocycles. The average Bonchev–Trinajstić information content (AvgIpc) is 3.12. The van der Waals surface area contributed by atoms with E-state index in [0.29, 0.717) is 35.2 Å². The Morgan fingerprint density at radius 2 is 1.25 bits per heavy atom. The second kappa shape index (κ2) is 18.3. The van der Waals surface area contributed by atoms with Crippen LogP contribution in [0.4, 0.5) is 0 Å². The Hall–Kier alpha value is -4.21. The van der Waals surface area contributed by atoms with Crippen molar-refractivity contribution in [2.75, 3.05) is 24.7 Å². The molecule has 6 nitrogen and oxygen atoms in total. The molecule has 6 rings (SSSR count). The number of aromatic nitrogens is 2. The van der Waals surface area contributed by atoms with Gasteiger partial charge >= 0.3 is 11.9 Å². The Morgan fingerprint density at radius 3 is 1.73 bits per heavy atom. The lowest BCUT2D eigenvalue weighted by atomic mass is 9.81. The molecular formula is C42H43ClN2O4S2. The van der Waals surface area contributed by atoms with Crippen LogP contribution >= 0.6 is 35.1 Å². The zero-order valence-corrected chi connectivity index (χ0v) is 32.4. The number of hydrogen-bond donors (Lipinski definition) is 0. The van der Waals surface area contributed by atoms with Crippen LogP contribution < -0.4 is 0 Å². The van der Waals surface area contributed by atoms with Crippen LogP contribution in [0, 0.1) is 24.2 Å². The summed E-state index contributed by atoms with van der Waals surface area (Å²) in [6.45, 7) is 13.4. The molecule has 264 valence electrons. The van der Waals surface area contributed by atoms with E-state index < -0.39 is 0 Å². The molecule has 2 aliphatic rings. The van der Waals surface area contributed by atoms with E-state index in [2.05, 4.69) is 85.8 Å². The molecule has 0 bridgehead atoms. The number of carbonyl (C=O) groups excluding carboxylic acids is 2. The van der Waals surface area contributed by atoms with E-state index in [1.807, 2.05) is 29.6 Å². The van der Waals surface area contributed by atoms with Crippen molar-refractivity contribution in [2.24, 2.45) is 0 Å². The first-order valence-corrected chi connectivity index (χ1v) is 19.2. The fourth-order valence-electron chi connectivity index (χ4n) is 5.29. The number of carbonyl (C=O) groups is 2. The molecule has 0 amide bonds. The lowest BCUT2D eigenvalue weighted by molar-refractivity contribution is 0.0516. The van der Waals surface area contributed by atoms with Gasteiger partial charge in [0.25, 0.3) is 0 Å². The molecule has 51 heavy (non-hydrogen) atoms. The van der Waals surface area contributed by atoms with Gasteiger partial charge in [0.05, 0.1) is 24.3 Å². The van der Waals surface area contributed by atoms with Crippen molar-refractivity contribution >= 4 is 47.1 Å². The lowest BCUT2D eigenvalue weighted by Gasteiger charge is -2.32. The summed E-state index contributed by atoms with van der Waals surface area (Å²) in [7, 11) is 0. The second-order valence-corrected chi connectivity index (χ2v) is 15.7. The van der Waals surface area contributed by atoms with Crippen LogP contribution in [0.5, 0.6) is 0 Å². The first-order chi connectivity index (χ1) is 24.4. The Labute approximate surface area is 315 Å². The van der Waals surface area contributed by atoms with Gasteiger partial charge in [-0.2, -0.15) is 0 Å². The highest BCUT2D eigenvalue weighted by Gasteiger charge is 2.28. The van der Waals surface area contributed by atoms with Crippen LogP contribution in [-0.4, -0.2) is 46.6 Å². The molecule has 4 aromatic rings. The number of hydrogen-bond acceptors (Lipinski definition) is 8. The number of thioether (sulfide) groups is 2. The summed E-state index contributed by atoms with van der Waals surface area (Å²) in [5, 5.41) is 0.364. The van der Waals surface area contributed by atoms with Crippen molar-refractivity contribution in [2.45, 2.75) is 75.0 Å². The van der Waals surface area contributed by atoms with Crippen molar-refractivity contribution in [3.63, 3.8) is 0 Å². The van der Waals surface area contributed by atoms with Gasteiger partial charge in [-0.05, 0) is 127 Å². The highest BCUT2D eigenvalue weighted by Crippen LogP contribution is 2.42. The maximum atomic E-state index is 11.6. The molecule has 2 aromatic heterocycles. The third kappa shape index (κ3) is 11.1. The van der Waals surface area contributed by atoms with Crippen LogP contribution in [0.3, 0.4) is 0 Å². The summed E-state index contributed by atoms with van der Waals surface area (Å²) in [5.74, 6) is 10.6. The predicted octanol–water partition coefficient (Wildman–Crippen LogP) is 9.78. The number of rotatable bonds is 4. The van der Waals surface area contributed by atoms with Crippen molar-refractivity contribution in [3.05, 3.63) is 117 Å². The monoisotopic (exact) mass is 738 g/mol. The molecule has 0 aliphatic carbocycles. The van der Waals surface area contributed by atoms with Crippen molar-refractivity contribution in [1.82, 2.24) is 9.97 Å². The molecule has 2 aliphatic heterocycles. The quantitative estimate of drug-likeness (QED) is 0.116. The minimum absolute atomic E-state index is 0.192. The molecule has 0 saturated heterocycles. The third-order valence-electron chi connectivity index (χ3n) is 8.40. The maximum absolute atomic E-state index is 11.6. The van der Waals surface area contributed by atoms with Gasteiger partial charge in [0.1, 0.15) is 10.8 Å². The Kier molecular flexibility index (Phi) is 14.2. The van der Waals surface area contributed by atoms with Crippen LogP contribution in [-0.2, 0) is 20.3 Å². The number of halogens is 1. The van der Waals surface area contributed by atoms with E-state index in [1.165, 1.54) is 57.7 Å². The second-order valence-electron chi connectivity index (χ2n) is 13.0. The van der Waals surface area contributed by atoms with Crippen LogP contribution in [0.1, 0.15) is 103 Å². The Balaban J connectivity index is 0.000000189. The molecule has 2 aromatic carbocycles. The molecule has 0 unspecified atom stereocenters. The fourth-order valence-corrected chi connectivity index (χ4v) is 8.38. The molecule has 0 fully saturated rings. The zero-order valence-electron chi connectivity index (χ0n) is 30.0. The van der Waals surface area contributed by atoms with Gasteiger partial charge in [0, 0.05) is 33.3 Å². The first kappa shape index (κ1) is 39.6. The molecule has 4 heterocycles. The maximum Gasteiger partial charge on any atom is 0.339 e. The summed E-state index contributed by atoms with van der Waals surface area (Å²) in [4.78, 5) is 33.4. The molecule has 0 atom stereocenters. The van der Waals surface area contributed by atoms with Crippen molar-refractivity contribution in [1.29, 1.82) is 0 Å². The lowest BCUT2D eigenvalue weighted by Crippen LogP contribution is -2.22. The largest absolute Gasteiger partial charge is 0.462 e. The fraction of sp³-hybridized carbons (Fsp3) is 0.333. The number of pyridine rings is 2. The summed E-state index contributed by atoms with van der Waals surface area (Å²) in [6, 6.07) is 19.4. The Bertz CT molecular complexity index is 1940. The number of esters is 2. The number of benzene rings is 2. The minimum atomic E-state index is -0.373. The standard InChI is InChI=1S/C21H21NO2S.C13H14S.C8H8ClNO2/c1-4-24-20(23)16-7-9-17(22-14-16)8-5-15-6-10-19-18(13-15)21(2,3)11-12-25-19;1-4-10-5-6-12-11(9-10)13(2,3)7-8-14-12;1-2-12-8(11)6-3-4-7(9)10-5-6/h6-7,9-10,13-14H,4,11-12H2,1-3H3;1,5-6,9H,7-8H2,2-3H3;3-5H,2H2,1H3. The van der Waals surface area contributed by atoms with Gasteiger partial charge in [-0.25, -0.2) is 19.6 Å². The number of nitrogens with zero attached hydrogens (tertiary/aromatic N) is 2. The molecular weight excluding hydrogens is 696 g/mol. The summed E-state index contributed by atoms with van der Waals surface area (Å²) < 4.78 is 9.70. The van der Waals surface area contributed by atoms with Gasteiger partial charge in [-0.1, -0.05) is 51.1 Å².